The maximum absolute atomic E-state index is 12.4. The highest BCUT2D eigenvalue weighted by atomic mass is 16.5. The summed E-state index contributed by atoms with van der Waals surface area (Å²) >= 11 is 0. The summed E-state index contributed by atoms with van der Waals surface area (Å²) in [5.41, 5.74) is 1.18. The summed E-state index contributed by atoms with van der Waals surface area (Å²) in [6.45, 7) is 6.44. The monoisotopic (exact) mass is 330 g/mol. The summed E-state index contributed by atoms with van der Waals surface area (Å²) in [4.78, 5) is 27.8. The number of aryl methyl sites for hydroxylation is 1. The molecule has 24 heavy (non-hydrogen) atoms. The highest BCUT2D eigenvalue weighted by Gasteiger charge is 2.30. The molecule has 1 aromatic rings. The van der Waals surface area contributed by atoms with Gasteiger partial charge >= 0.3 is 0 Å². The minimum atomic E-state index is 0.0615. The molecule has 1 aromatic carbocycles. The molecule has 0 spiro atoms. The quantitative estimate of drug-likeness (QED) is 0.851. The molecule has 5 heteroatoms. The molecule has 2 heterocycles. The molecule has 2 amide bonds. The first-order chi connectivity index (χ1) is 11.5. The van der Waals surface area contributed by atoms with Crippen molar-refractivity contribution in [1.82, 2.24) is 9.80 Å². The first kappa shape index (κ1) is 16.8. The van der Waals surface area contributed by atoms with E-state index in [0.717, 1.165) is 18.6 Å². The van der Waals surface area contributed by atoms with Crippen molar-refractivity contribution in [3.63, 3.8) is 0 Å². The Morgan fingerprint density at radius 1 is 1.29 bits per heavy atom. The fourth-order valence-corrected chi connectivity index (χ4v) is 3.49. The van der Waals surface area contributed by atoms with Crippen LogP contribution in [0.5, 0.6) is 5.75 Å². The third-order valence-electron chi connectivity index (χ3n) is 4.82. The summed E-state index contributed by atoms with van der Waals surface area (Å²) < 4.78 is 6.03. The van der Waals surface area contributed by atoms with Crippen molar-refractivity contribution in [3.8, 4) is 5.75 Å². The van der Waals surface area contributed by atoms with Crippen molar-refractivity contribution in [2.45, 2.75) is 39.2 Å². The van der Waals surface area contributed by atoms with E-state index in [0.29, 0.717) is 32.0 Å². The van der Waals surface area contributed by atoms with Crippen molar-refractivity contribution >= 4 is 11.8 Å². The van der Waals surface area contributed by atoms with E-state index < -0.39 is 0 Å². The minimum Gasteiger partial charge on any atom is -0.490 e. The predicted molar refractivity (Wildman–Crippen MR) is 91.8 cm³/mol. The van der Waals surface area contributed by atoms with Gasteiger partial charge in [0, 0.05) is 38.9 Å². The molecule has 2 fully saturated rings. The highest BCUT2D eigenvalue weighted by molar-refractivity contribution is 5.86. The molecule has 0 N–H and O–H groups in total. The Labute approximate surface area is 143 Å². The molecular formula is C19H26N2O3. The van der Waals surface area contributed by atoms with Crippen LogP contribution in [0.2, 0.25) is 0 Å². The number of hydrogen-bond acceptors (Lipinski definition) is 3. The predicted octanol–water partition coefficient (Wildman–Crippen LogP) is 2.23. The van der Waals surface area contributed by atoms with Crippen molar-refractivity contribution in [2.75, 3.05) is 26.2 Å². The number of carbonyl (C=O) groups excluding carboxylic acids is 2. The van der Waals surface area contributed by atoms with Gasteiger partial charge in [0.25, 0.3) is 0 Å². The Kier molecular flexibility index (Phi) is 5.07. The largest absolute Gasteiger partial charge is 0.490 e. The Morgan fingerprint density at radius 2 is 2.04 bits per heavy atom. The zero-order chi connectivity index (χ0) is 17.1. The molecule has 5 nitrogen and oxygen atoms in total. The third-order valence-corrected chi connectivity index (χ3v) is 4.82. The van der Waals surface area contributed by atoms with Crippen LogP contribution in [0, 0.1) is 12.8 Å². The van der Waals surface area contributed by atoms with Crippen molar-refractivity contribution in [3.05, 3.63) is 29.8 Å². The molecule has 2 aliphatic heterocycles. The van der Waals surface area contributed by atoms with Crippen LogP contribution < -0.4 is 4.74 Å². The Balaban J connectivity index is 1.46. The fraction of sp³-hybridized carbons (Fsp3) is 0.579. The van der Waals surface area contributed by atoms with E-state index in [-0.39, 0.29) is 24.5 Å². The topological polar surface area (TPSA) is 49.9 Å². The number of amides is 2. The SMILES string of the molecule is Cc1cccc(OC2CCN(C(=O)CN3CC(C)CC3=O)CC2)c1. The lowest BCUT2D eigenvalue weighted by molar-refractivity contribution is -0.139. The van der Waals surface area contributed by atoms with Gasteiger partial charge in [0.15, 0.2) is 0 Å². The molecule has 3 rings (SSSR count). The lowest BCUT2D eigenvalue weighted by atomic mass is 10.1. The van der Waals surface area contributed by atoms with Crippen LogP contribution in [0.1, 0.15) is 31.7 Å². The number of nitrogens with zero attached hydrogens (tertiary/aromatic N) is 2. The molecule has 2 aliphatic rings. The molecule has 1 atom stereocenters. The second kappa shape index (κ2) is 7.24. The van der Waals surface area contributed by atoms with E-state index in [1.807, 2.05) is 23.1 Å². The van der Waals surface area contributed by atoms with Gasteiger partial charge in [-0.3, -0.25) is 9.59 Å². The summed E-state index contributed by atoms with van der Waals surface area (Å²) in [6, 6.07) is 8.06. The summed E-state index contributed by atoms with van der Waals surface area (Å²) in [7, 11) is 0. The zero-order valence-corrected chi connectivity index (χ0v) is 14.5. The lowest BCUT2D eigenvalue weighted by Crippen LogP contribution is -2.46. The smallest absolute Gasteiger partial charge is 0.242 e. The van der Waals surface area contributed by atoms with Crippen molar-refractivity contribution in [1.29, 1.82) is 0 Å². The molecule has 2 saturated heterocycles. The average molecular weight is 330 g/mol. The van der Waals surface area contributed by atoms with E-state index in [1.165, 1.54) is 5.56 Å². The summed E-state index contributed by atoms with van der Waals surface area (Å²) in [5.74, 6) is 1.43. The molecule has 0 bridgehead atoms. The maximum Gasteiger partial charge on any atom is 0.242 e. The number of rotatable bonds is 4. The second-order valence-electron chi connectivity index (χ2n) is 7.10. The molecule has 1 unspecified atom stereocenters. The summed E-state index contributed by atoms with van der Waals surface area (Å²) in [5, 5.41) is 0. The molecule has 0 aliphatic carbocycles. The van der Waals surface area contributed by atoms with Gasteiger partial charge in [0.05, 0.1) is 6.54 Å². The number of carbonyl (C=O) groups is 2. The van der Waals surface area contributed by atoms with Crippen molar-refractivity contribution < 1.29 is 14.3 Å². The van der Waals surface area contributed by atoms with Crippen LogP contribution in [0.4, 0.5) is 0 Å². The van der Waals surface area contributed by atoms with Gasteiger partial charge < -0.3 is 14.5 Å². The fourth-order valence-electron chi connectivity index (χ4n) is 3.49. The highest BCUT2D eigenvalue weighted by Crippen LogP contribution is 2.21. The van der Waals surface area contributed by atoms with Gasteiger partial charge in [-0.1, -0.05) is 19.1 Å². The number of piperidine rings is 1. The van der Waals surface area contributed by atoms with Crippen LogP contribution in [0.3, 0.4) is 0 Å². The molecule has 0 saturated carbocycles. The van der Waals surface area contributed by atoms with Gasteiger partial charge in [0.1, 0.15) is 11.9 Å². The normalized spacial score (nSPS) is 22.1. The standard InChI is InChI=1S/C19H26N2O3/c1-14-4-3-5-17(10-14)24-16-6-8-20(9-7-16)19(23)13-21-12-15(2)11-18(21)22/h3-5,10,15-16H,6-9,11-13H2,1-2H3. The van der Waals surface area contributed by atoms with E-state index >= 15 is 0 Å². The van der Waals surface area contributed by atoms with Crippen molar-refractivity contribution in [2.24, 2.45) is 5.92 Å². The first-order valence-electron chi connectivity index (χ1n) is 8.80. The molecule has 0 radical (unpaired) electrons. The van der Waals surface area contributed by atoms with Gasteiger partial charge in [-0.2, -0.15) is 0 Å². The first-order valence-corrected chi connectivity index (χ1v) is 8.80. The van der Waals surface area contributed by atoms with Crippen LogP contribution in [0.15, 0.2) is 24.3 Å². The van der Waals surface area contributed by atoms with E-state index in [1.54, 1.807) is 4.90 Å². The lowest BCUT2D eigenvalue weighted by Gasteiger charge is -2.33. The molecule has 130 valence electrons. The summed E-state index contributed by atoms with van der Waals surface area (Å²) in [6.07, 6.45) is 2.40. The Bertz CT molecular complexity index is 608. The molecule has 0 aromatic heterocycles. The minimum absolute atomic E-state index is 0.0615. The number of likely N-dealkylation sites (tertiary alicyclic amines) is 2. The van der Waals surface area contributed by atoms with Gasteiger partial charge in [-0.15, -0.1) is 0 Å². The number of hydrogen-bond donors (Lipinski definition) is 0. The number of ether oxygens (including phenoxy) is 1. The Hall–Kier alpha value is -2.04. The zero-order valence-electron chi connectivity index (χ0n) is 14.5. The maximum atomic E-state index is 12.4. The second-order valence-corrected chi connectivity index (χ2v) is 7.10. The average Bonchev–Trinajstić information content (AvgIpc) is 2.85. The van der Waals surface area contributed by atoms with E-state index in [9.17, 15) is 9.59 Å². The van der Waals surface area contributed by atoms with Gasteiger partial charge in [-0.25, -0.2) is 0 Å². The van der Waals surface area contributed by atoms with Gasteiger partial charge in [-0.05, 0) is 30.5 Å². The van der Waals surface area contributed by atoms with E-state index in [4.69, 9.17) is 4.74 Å². The van der Waals surface area contributed by atoms with Gasteiger partial charge in [0.2, 0.25) is 11.8 Å². The number of benzene rings is 1. The van der Waals surface area contributed by atoms with Crippen LogP contribution in [-0.4, -0.2) is 53.9 Å². The van der Waals surface area contributed by atoms with Crippen LogP contribution in [0.25, 0.3) is 0 Å². The molecular weight excluding hydrogens is 304 g/mol. The van der Waals surface area contributed by atoms with Crippen LogP contribution in [-0.2, 0) is 9.59 Å². The van der Waals surface area contributed by atoms with Crippen LogP contribution >= 0.6 is 0 Å². The Morgan fingerprint density at radius 3 is 2.67 bits per heavy atom. The van der Waals surface area contributed by atoms with E-state index in [2.05, 4.69) is 19.9 Å². The third kappa shape index (κ3) is 4.08.